The van der Waals surface area contributed by atoms with Crippen molar-refractivity contribution in [1.82, 2.24) is 9.97 Å². The fourth-order valence-corrected chi connectivity index (χ4v) is 1.52. The Morgan fingerprint density at radius 2 is 1.84 bits per heavy atom. The summed E-state index contributed by atoms with van der Waals surface area (Å²) in [7, 11) is 0. The standard InChI is InChI=1S/C13H12F3N3/c1-9-6-17-12(18-7-9)19-8-10-3-2-4-11(5-10)13(14,15)16/h2-7H,8H2,1H3,(H,17,18,19). The van der Waals surface area contributed by atoms with Gasteiger partial charge >= 0.3 is 6.18 Å². The molecule has 0 unspecified atom stereocenters. The summed E-state index contributed by atoms with van der Waals surface area (Å²) < 4.78 is 37.6. The van der Waals surface area contributed by atoms with Crippen molar-refractivity contribution in [2.45, 2.75) is 19.6 Å². The number of rotatable bonds is 3. The van der Waals surface area contributed by atoms with Crippen molar-refractivity contribution >= 4 is 5.95 Å². The summed E-state index contributed by atoms with van der Waals surface area (Å²) in [6.07, 6.45) is -1.04. The lowest BCUT2D eigenvalue weighted by Crippen LogP contribution is -2.07. The van der Waals surface area contributed by atoms with E-state index in [0.717, 1.165) is 17.7 Å². The number of hydrogen-bond acceptors (Lipinski definition) is 3. The third kappa shape index (κ3) is 3.67. The molecule has 0 atom stereocenters. The van der Waals surface area contributed by atoms with Crippen LogP contribution in [0.5, 0.6) is 0 Å². The van der Waals surface area contributed by atoms with Gasteiger partial charge < -0.3 is 5.32 Å². The first-order chi connectivity index (χ1) is 8.95. The maximum atomic E-state index is 12.5. The molecule has 0 aliphatic carbocycles. The van der Waals surface area contributed by atoms with Gasteiger partial charge in [-0.15, -0.1) is 0 Å². The molecule has 1 N–H and O–H groups in total. The monoisotopic (exact) mass is 267 g/mol. The van der Waals surface area contributed by atoms with Gasteiger partial charge in [0.15, 0.2) is 0 Å². The van der Waals surface area contributed by atoms with Gasteiger partial charge in [-0.3, -0.25) is 0 Å². The Kier molecular flexibility index (Phi) is 3.69. The molecule has 0 saturated heterocycles. The highest BCUT2D eigenvalue weighted by atomic mass is 19.4. The van der Waals surface area contributed by atoms with E-state index in [4.69, 9.17) is 0 Å². The molecular formula is C13H12F3N3. The molecule has 0 radical (unpaired) electrons. The molecule has 6 heteroatoms. The third-order valence-electron chi connectivity index (χ3n) is 2.49. The Morgan fingerprint density at radius 3 is 2.47 bits per heavy atom. The molecular weight excluding hydrogens is 255 g/mol. The van der Waals surface area contributed by atoms with E-state index >= 15 is 0 Å². The highest BCUT2D eigenvalue weighted by molar-refractivity contribution is 5.30. The van der Waals surface area contributed by atoms with E-state index in [1.54, 1.807) is 18.5 Å². The zero-order valence-electron chi connectivity index (χ0n) is 10.2. The van der Waals surface area contributed by atoms with Crippen molar-refractivity contribution in [3.63, 3.8) is 0 Å². The maximum absolute atomic E-state index is 12.5. The molecule has 1 aromatic carbocycles. The van der Waals surface area contributed by atoms with Gasteiger partial charge in [0.2, 0.25) is 5.95 Å². The molecule has 0 aliphatic heterocycles. The Hall–Kier alpha value is -2.11. The SMILES string of the molecule is Cc1cnc(NCc2cccc(C(F)(F)F)c2)nc1. The summed E-state index contributed by atoms with van der Waals surface area (Å²) in [5.74, 6) is 0.392. The minimum atomic E-state index is -4.32. The van der Waals surface area contributed by atoms with Crippen LogP contribution in [0.1, 0.15) is 16.7 Å². The summed E-state index contributed by atoms with van der Waals surface area (Å²) in [5, 5.41) is 2.88. The number of hydrogen-bond donors (Lipinski definition) is 1. The molecule has 1 heterocycles. The molecule has 2 rings (SSSR count). The van der Waals surface area contributed by atoms with Gasteiger partial charge in [0.1, 0.15) is 0 Å². The van der Waals surface area contributed by atoms with Crippen LogP contribution in [0.25, 0.3) is 0 Å². The van der Waals surface area contributed by atoms with Crippen molar-refractivity contribution in [3.05, 3.63) is 53.3 Å². The zero-order chi connectivity index (χ0) is 13.9. The zero-order valence-corrected chi connectivity index (χ0v) is 10.2. The summed E-state index contributed by atoms with van der Waals surface area (Å²) in [4.78, 5) is 8.04. The highest BCUT2D eigenvalue weighted by Gasteiger charge is 2.30. The fraction of sp³-hybridized carbons (Fsp3) is 0.231. The Bertz CT molecular complexity index is 550. The van der Waals surface area contributed by atoms with Crippen LogP contribution < -0.4 is 5.32 Å². The molecule has 100 valence electrons. The number of alkyl halides is 3. The van der Waals surface area contributed by atoms with Crippen molar-refractivity contribution in [1.29, 1.82) is 0 Å². The van der Waals surface area contributed by atoms with Crippen LogP contribution in [0.3, 0.4) is 0 Å². The van der Waals surface area contributed by atoms with Crippen LogP contribution in [0.15, 0.2) is 36.7 Å². The molecule has 2 aromatic rings. The molecule has 0 amide bonds. The minimum Gasteiger partial charge on any atom is -0.350 e. The molecule has 0 saturated carbocycles. The number of halogens is 3. The second-order valence-electron chi connectivity index (χ2n) is 4.14. The second kappa shape index (κ2) is 5.26. The Balaban J connectivity index is 2.05. The average molecular weight is 267 g/mol. The largest absolute Gasteiger partial charge is 0.416 e. The molecule has 0 bridgehead atoms. The van der Waals surface area contributed by atoms with Crippen LogP contribution in [0.4, 0.5) is 19.1 Å². The van der Waals surface area contributed by atoms with E-state index in [2.05, 4.69) is 15.3 Å². The first-order valence-corrected chi connectivity index (χ1v) is 5.64. The van der Waals surface area contributed by atoms with E-state index in [9.17, 15) is 13.2 Å². The van der Waals surface area contributed by atoms with Crippen LogP contribution in [-0.4, -0.2) is 9.97 Å². The summed E-state index contributed by atoms with van der Waals surface area (Å²) in [6.45, 7) is 2.10. The number of nitrogens with one attached hydrogen (secondary N) is 1. The number of nitrogens with zero attached hydrogens (tertiary/aromatic N) is 2. The van der Waals surface area contributed by atoms with Gasteiger partial charge in [0, 0.05) is 18.9 Å². The van der Waals surface area contributed by atoms with Gasteiger partial charge in [-0.25, -0.2) is 9.97 Å². The van der Waals surface area contributed by atoms with E-state index < -0.39 is 11.7 Å². The normalized spacial score (nSPS) is 11.4. The predicted molar refractivity (Wildman–Crippen MR) is 65.5 cm³/mol. The van der Waals surface area contributed by atoms with Crippen LogP contribution in [0.2, 0.25) is 0 Å². The number of aromatic nitrogens is 2. The molecule has 0 aliphatic rings. The minimum absolute atomic E-state index is 0.243. The van der Waals surface area contributed by atoms with E-state index in [-0.39, 0.29) is 6.54 Å². The van der Waals surface area contributed by atoms with Crippen LogP contribution in [-0.2, 0) is 12.7 Å². The molecule has 0 fully saturated rings. The summed E-state index contributed by atoms with van der Waals surface area (Å²) >= 11 is 0. The second-order valence-corrected chi connectivity index (χ2v) is 4.14. The van der Waals surface area contributed by atoms with Crippen molar-refractivity contribution < 1.29 is 13.2 Å². The smallest absolute Gasteiger partial charge is 0.350 e. The highest BCUT2D eigenvalue weighted by Crippen LogP contribution is 2.29. The quantitative estimate of drug-likeness (QED) is 0.926. The van der Waals surface area contributed by atoms with Crippen molar-refractivity contribution in [2.24, 2.45) is 0 Å². The van der Waals surface area contributed by atoms with E-state index in [1.165, 1.54) is 6.07 Å². The third-order valence-corrected chi connectivity index (χ3v) is 2.49. The Labute approximate surface area is 108 Å². The van der Waals surface area contributed by atoms with Gasteiger partial charge in [0.25, 0.3) is 0 Å². The lowest BCUT2D eigenvalue weighted by Gasteiger charge is -2.09. The summed E-state index contributed by atoms with van der Waals surface area (Å²) in [6, 6.07) is 5.17. The van der Waals surface area contributed by atoms with Crippen LogP contribution in [0, 0.1) is 6.92 Å². The first kappa shape index (κ1) is 13.3. The predicted octanol–water partition coefficient (Wildman–Crippen LogP) is 3.42. The maximum Gasteiger partial charge on any atom is 0.416 e. The molecule has 1 aromatic heterocycles. The van der Waals surface area contributed by atoms with E-state index in [1.807, 2.05) is 6.92 Å². The lowest BCUT2D eigenvalue weighted by molar-refractivity contribution is -0.137. The van der Waals surface area contributed by atoms with Gasteiger partial charge in [-0.1, -0.05) is 12.1 Å². The fourth-order valence-electron chi connectivity index (χ4n) is 1.52. The van der Waals surface area contributed by atoms with Gasteiger partial charge in [-0.05, 0) is 30.2 Å². The molecule has 0 spiro atoms. The lowest BCUT2D eigenvalue weighted by atomic mass is 10.1. The molecule has 19 heavy (non-hydrogen) atoms. The van der Waals surface area contributed by atoms with Gasteiger partial charge in [0.05, 0.1) is 5.56 Å². The van der Waals surface area contributed by atoms with E-state index in [0.29, 0.717) is 11.5 Å². The van der Waals surface area contributed by atoms with Crippen molar-refractivity contribution in [3.8, 4) is 0 Å². The summed E-state index contributed by atoms with van der Waals surface area (Å²) in [5.41, 5.74) is 0.792. The topological polar surface area (TPSA) is 37.8 Å². The molecule has 3 nitrogen and oxygen atoms in total. The first-order valence-electron chi connectivity index (χ1n) is 5.64. The average Bonchev–Trinajstić information content (AvgIpc) is 2.37. The van der Waals surface area contributed by atoms with Crippen LogP contribution >= 0.6 is 0 Å². The number of benzene rings is 1. The number of anilines is 1. The number of aryl methyl sites for hydroxylation is 1. The Morgan fingerprint density at radius 1 is 1.16 bits per heavy atom. The van der Waals surface area contributed by atoms with Crippen molar-refractivity contribution in [2.75, 3.05) is 5.32 Å². The van der Waals surface area contributed by atoms with Gasteiger partial charge in [-0.2, -0.15) is 13.2 Å².